The standard InChI is InChI=1S/C18H20OS/c1-3-7-15(8-4-1)11-17-13-20-14-18(19-17)12-16-9-5-2-6-10-16/h1-10,17-18H,11-14H2. The zero-order valence-electron chi connectivity index (χ0n) is 11.6. The van der Waals surface area contributed by atoms with Gasteiger partial charge in [-0.15, -0.1) is 0 Å². The summed E-state index contributed by atoms with van der Waals surface area (Å²) in [5.74, 6) is 2.22. The highest BCUT2D eigenvalue weighted by atomic mass is 32.2. The molecule has 0 bridgehead atoms. The summed E-state index contributed by atoms with van der Waals surface area (Å²) in [5.41, 5.74) is 2.75. The van der Waals surface area contributed by atoms with Crippen molar-refractivity contribution in [1.29, 1.82) is 0 Å². The van der Waals surface area contributed by atoms with Crippen LogP contribution in [0.4, 0.5) is 0 Å². The van der Waals surface area contributed by atoms with Crippen molar-refractivity contribution in [2.45, 2.75) is 25.0 Å². The summed E-state index contributed by atoms with van der Waals surface area (Å²) >= 11 is 2.02. The normalized spacial score (nSPS) is 22.6. The lowest BCUT2D eigenvalue weighted by Crippen LogP contribution is -2.34. The van der Waals surface area contributed by atoms with Gasteiger partial charge in [-0.3, -0.25) is 0 Å². The van der Waals surface area contributed by atoms with E-state index in [2.05, 4.69) is 60.7 Å². The fourth-order valence-electron chi connectivity index (χ4n) is 2.65. The van der Waals surface area contributed by atoms with E-state index in [0.717, 1.165) is 24.3 Å². The van der Waals surface area contributed by atoms with Crippen LogP contribution in [0, 0.1) is 0 Å². The third-order valence-electron chi connectivity index (χ3n) is 3.60. The van der Waals surface area contributed by atoms with E-state index in [1.807, 2.05) is 11.8 Å². The first-order valence-corrected chi connectivity index (χ1v) is 8.36. The van der Waals surface area contributed by atoms with Gasteiger partial charge in [0.2, 0.25) is 0 Å². The van der Waals surface area contributed by atoms with Gasteiger partial charge < -0.3 is 4.74 Å². The second kappa shape index (κ2) is 6.96. The summed E-state index contributed by atoms with van der Waals surface area (Å²) in [6.45, 7) is 0. The molecule has 2 unspecified atom stereocenters. The summed E-state index contributed by atoms with van der Waals surface area (Å²) in [7, 11) is 0. The minimum atomic E-state index is 0.352. The van der Waals surface area contributed by atoms with Crippen molar-refractivity contribution >= 4 is 11.8 Å². The van der Waals surface area contributed by atoms with Crippen LogP contribution in [-0.2, 0) is 17.6 Å². The first kappa shape index (κ1) is 13.7. The van der Waals surface area contributed by atoms with Gasteiger partial charge in [0, 0.05) is 11.5 Å². The molecule has 20 heavy (non-hydrogen) atoms. The van der Waals surface area contributed by atoms with Gasteiger partial charge in [0.25, 0.3) is 0 Å². The smallest absolute Gasteiger partial charge is 0.0710 e. The van der Waals surface area contributed by atoms with Crippen LogP contribution in [0.2, 0.25) is 0 Å². The predicted molar refractivity (Wildman–Crippen MR) is 86.3 cm³/mol. The molecule has 0 N–H and O–H groups in total. The molecule has 104 valence electrons. The molecular weight excluding hydrogens is 264 g/mol. The van der Waals surface area contributed by atoms with Gasteiger partial charge in [-0.25, -0.2) is 0 Å². The number of ether oxygens (including phenoxy) is 1. The molecule has 1 aliphatic heterocycles. The average Bonchev–Trinajstić information content (AvgIpc) is 2.50. The molecule has 2 aromatic rings. The third kappa shape index (κ3) is 3.87. The number of benzene rings is 2. The molecule has 1 fully saturated rings. The molecule has 1 saturated heterocycles. The summed E-state index contributed by atoms with van der Waals surface area (Å²) < 4.78 is 6.27. The van der Waals surface area contributed by atoms with Crippen LogP contribution in [-0.4, -0.2) is 23.7 Å². The Labute approximate surface area is 125 Å². The number of thioether (sulfide) groups is 1. The maximum absolute atomic E-state index is 6.27. The molecule has 1 aliphatic rings. The summed E-state index contributed by atoms with van der Waals surface area (Å²) in [4.78, 5) is 0. The largest absolute Gasteiger partial charge is 0.373 e. The van der Waals surface area contributed by atoms with Crippen molar-refractivity contribution in [3.63, 3.8) is 0 Å². The van der Waals surface area contributed by atoms with Crippen LogP contribution in [0.3, 0.4) is 0 Å². The Morgan fingerprint density at radius 1 is 0.750 bits per heavy atom. The predicted octanol–water partition coefficient (Wildman–Crippen LogP) is 3.97. The second-order valence-electron chi connectivity index (χ2n) is 5.30. The minimum absolute atomic E-state index is 0.352. The van der Waals surface area contributed by atoms with Gasteiger partial charge in [0.05, 0.1) is 12.2 Å². The summed E-state index contributed by atoms with van der Waals surface area (Å²) in [5, 5.41) is 0. The summed E-state index contributed by atoms with van der Waals surface area (Å²) in [6.07, 6.45) is 2.76. The average molecular weight is 284 g/mol. The van der Waals surface area contributed by atoms with Crippen molar-refractivity contribution in [2.24, 2.45) is 0 Å². The van der Waals surface area contributed by atoms with Crippen LogP contribution < -0.4 is 0 Å². The molecule has 2 aromatic carbocycles. The van der Waals surface area contributed by atoms with Crippen LogP contribution in [0.1, 0.15) is 11.1 Å². The van der Waals surface area contributed by atoms with Crippen LogP contribution in [0.15, 0.2) is 60.7 Å². The Hall–Kier alpha value is -1.25. The first-order chi connectivity index (χ1) is 9.90. The van der Waals surface area contributed by atoms with Crippen molar-refractivity contribution in [1.82, 2.24) is 0 Å². The van der Waals surface area contributed by atoms with E-state index in [1.165, 1.54) is 11.1 Å². The lowest BCUT2D eigenvalue weighted by molar-refractivity contribution is 0.00872. The number of hydrogen-bond donors (Lipinski definition) is 0. The molecule has 0 amide bonds. The molecule has 3 rings (SSSR count). The third-order valence-corrected chi connectivity index (χ3v) is 4.82. The van der Waals surface area contributed by atoms with E-state index in [-0.39, 0.29) is 0 Å². The molecule has 0 radical (unpaired) electrons. The Bertz CT molecular complexity index is 464. The van der Waals surface area contributed by atoms with Crippen molar-refractivity contribution in [3.8, 4) is 0 Å². The van der Waals surface area contributed by atoms with Crippen molar-refractivity contribution < 1.29 is 4.74 Å². The molecule has 0 saturated carbocycles. The molecule has 2 heteroatoms. The monoisotopic (exact) mass is 284 g/mol. The molecule has 0 spiro atoms. The Balaban J connectivity index is 1.57. The van der Waals surface area contributed by atoms with Gasteiger partial charge >= 0.3 is 0 Å². The maximum atomic E-state index is 6.27. The zero-order chi connectivity index (χ0) is 13.6. The Morgan fingerprint density at radius 3 is 1.65 bits per heavy atom. The van der Waals surface area contributed by atoms with E-state index < -0.39 is 0 Å². The molecule has 0 aromatic heterocycles. The van der Waals surface area contributed by atoms with Crippen LogP contribution >= 0.6 is 11.8 Å². The van der Waals surface area contributed by atoms with Crippen molar-refractivity contribution in [2.75, 3.05) is 11.5 Å². The van der Waals surface area contributed by atoms with Crippen LogP contribution in [0.5, 0.6) is 0 Å². The lowest BCUT2D eigenvalue weighted by Gasteiger charge is -2.30. The fraction of sp³-hybridized carbons (Fsp3) is 0.333. The van der Waals surface area contributed by atoms with Gasteiger partial charge in [0.1, 0.15) is 0 Å². The molecule has 2 atom stereocenters. The topological polar surface area (TPSA) is 9.23 Å². The highest BCUT2D eigenvalue weighted by Crippen LogP contribution is 2.23. The number of hydrogen-bond acceptors (Lipinski definition) is 2. The SMILES string of the molecule is c1ccc(CC2CSCC(Cc3ccccc3)O2)cc1. The minimum Gasteiger partial charge on any atom is -0.373 e. The van der Waals surface area contributed by atoms with E-state index >= 15 is 0 Å². The quantitative estimate of drug-likeness (QED) is 0.840. The molecule has 1 nitrogen and oxygen atoms in total. The van der Waals surface area contributed by atoms with Gasteiger partial charge in [-0.05, 0) is 24.0 Å². The lowest BCUT2D eigenvalue weighted by atomic mass is 10.1. The maximum Gasteiger partial charge on any atom is 0.0710 e. The van der Waals surface area contributed by atoms with Gasteiger partial charge in [-0.2, -0.15) is 11.8 Å². The molecule has 0 aliphatic carbocycles. The fourth-order valence-corrected chi connectivity index (χ4v) is 3.70. The zero-order valence-corrected chi connectivity index (χ0v) is 12.4. The highest BCUT2D eigenvalue weighted by Gasteiger charge is 2.23. The van der Waals surface area contributed by atoms with E-state index in [9.17, 15) is 0 Å². The second-order valence-corrected chi connectivity index (χ2v) is 6.37. The first-order valence-electron chi connectivity index (χ1n) is 7.21. The Kier molecular flexibility index (Phi) is 4.77. The molecular formula is C18H20OS. The van der Waals surface area contributed by atoms with Gasteiger partial charge in [-0.1, -0.05) is 60.7 Å². The number of rotatable bonds is 4. The van der Waals surface area contributed by atoms with Gasteiger partial charge in [0.15, 0.2) is 0 Å². The van der Waals surface area contributed by atoms with E-state index in [0.29, 0.717) is 12.2 Å². The summed E-state index contributed by atoms with van der Waals surface area (Å²) in [6, 6.07) is 21.3. The highest BCUT2D eigenvalue weighted by molar-refractivity contribution is 7.99. The Morgan fingerprint density at radius 2 is 1.20 bits per heavy atom. The van der Waals surface area contributed by atoms with E-state index in [1.54, 1.807) is 0 Å². The molecule has 1 heterocycles. The van der Waals surface area contributed by atoms with Crippen molar-refractivity contribution in [3.05, 3.63) is 71.8 Å². The van der Waals surface area contributed by atoms with Crippen LogP contribution in [0.25, 0.3) is 0 Å². The van der Waals surface area contributed by atoms with E-state index in [4.69, 9.17) is 4.74 Å².